The van der Waals surface area contributed by atoms with Crippen LogP contribution in [0, 0.1) is 11.8 Å². The fourth-order valence-electron chi connectivity index (χ4n) is 6.03. The van der Waals surface area contributed by atoms with Gasteiger partial charge in [0.15, 0.2) is 0 Å². The maximum atomic E-state index is 12.8. The van der Waals surface area contributed by atoms with E-state index in [9.17, 15) is 4.79 Å². The molecule has 4 unspecified atom stereocenters. The molecule has 1 saturated carbocycles. The van der Waals surface area contributed by atoms with Crippen LogP contribution in [0.1, 0.15) is 69.8 Å². The minimum atomic E-state index is 0.0359. The molecule has 4 nitrogen and oxygen atoms in total. The fraction of sp³-hybridized carbons (Fsp3) is 0.536. The Morgan fingerprint density at radius 1 is 1.18 bits per heavy atom. The fourth-order valence-corrected chi connectivity index (χ4v) is 6.03. The van der Waals surface area contributed by atoms with E-state index >= 15 is 0 Å². The summed E-state index contributed by atoms with van der Waals surface area (Å²) >= 11 is 0. The van der Waals surface area contributed by atoms with Gasteiger partial charge >= 0.3 is 145 Å². The Morgan fingerprint density at radius 3 is 2.82 bits per heavy atom. The predicted octanol–water partition coefficient (Wildman–Crippen LogP) is 4.35. The standard InChI is InChI=1S/C28H36BN3O/c1-19-7-13-25-26(17-19)32-28(31-25)22-11-8-20(9-12-22)10-14-27(33)30-24-15-16-29-18-23(24)21-5-3-2-4-6-21/h2-7,15-16,18,20,22-26H,8-14,17H2,1H3,(H,30,33)(H,31,32). The molecule has 2 heterocycles. The number of aliphatic imine (C=N–C) groups is 1. The quantitative estimate of drug-likeness (QED) is 0.509. The minimum absolute atomic E-state index is 0.0359. The van der Waals surface area contributed by atoms with Crippen molar-refractivity contribution in [2.24, 2.45) is 16.8 Å². The Kier molecular flexibility index (Phi) is 6.94. The monoisotopic (exact) mass is 441 g/mol. The first-order valence-corrected chi connectivity index (χ1v) is 12.8. The number of amidine groups is 1. The molecule has 5 rings (SSSR count). The van der Waals surface area contributed by atoms with Crippen LogP contribution in [0.15, 0.2) is 59.0 Å². The van der Waals surface area contributed by atoms with Gasteiger partial charge in [0.1, 0.15) is 0 Å². The van der Waals surface area contributed by atoms with Gasteiger partial charge in [-0.3, -0.25) is 4.99 Å². The Balaban J connectivity index is 1.06. The summed E-state index contributed by atoms with van der Waals surface area (Å²) in [6, 6.07) is 11.5. The number of fused-ring (bicyclic) bond motifs is 1. The van der Waals surface area contributed by atoms with Crippen molar-refractivity contribution in [3.63, 3.8) is 0 Å². The second kappa shape index (κ2) is 10.2. The number of nitrogens with one attached hydrogen (secondary N) is 2. The molecule has 4 atom stereocenters. The molecule has 1 aromatic carbocycles. The molecule has 172 valence electrons. The van der Waals surface area contributed by atoms with E-state index in [4.69, 9.17) is 4.99 Å². The summed E-state index contributed by atoms with van der Waals surface area (Å²) in [5.74, 6) is 7.13. The van der Waals surface area contributed by atoms with Crippen molar-refractivity contribution in [1.82, 2.24) is 10.6 Å². The zero-order valence-electron chi connectivity index (χ0n) is 19.7. The number of hydrogen-bond donors (Lipinski definition) is 2. The number of benzene rings is 1. The van der Waals surface area contributed by atoms with Gasteiger partial charge in [0.2, 0.25) is 0 Å². The van der Waals surface area contributed by atoms with E-state index in [-0.39, 0.29) is 17.9 Å². The number of hydrogen-bond acceptors (Lipinski definition) is 3. The average molecular weight is 441 g/mol. The summed E-state index contributed by atoms with van der Waals surface area (Å²) in [6.07, 6.45) is 13.2. The van der Waals surface area contributed by atoms with Crippen LogP contribution < -0.4 is 10.6 Å². The van der Waals surface area contributed by atoms with Crippen LogP contribution in [0.5, 0.6) is 0 Å². The minimum Gasteiger partial charge on any atom is -0.368 e. The third-order valence-corrected chi connectivity index (χ3v) is 8.01. The second-order valence-electron chi connectivity index (χ2n) is 10.4. The molecule has 0 radical (unpaired) electrons. The second-order valence-corrected chi connectivity index (χ2v) is 10.4. The van der Waals surface area contributed by atoms with Gasteiger partial charge in [-0.15, -0.1) is 0 Å². The molecule has 0 spiro atoms. The predicted molar refractivity (Wildman–Crippen MR) is 138 cm³/mol. The molecule has 5 heteroatoms. The van der Waals surface area contributed by atoms with Gasteiger partial charge in [-0.1, -0.05) is 11.6 Å². The number of carbonyl (C=O) groups excluding carboxylic acids is 1. The third kappa shape index (κ3) is 5.39. The van der Waals surface area contributed by atoms with E-state index in [1.807, 2.05) is 12.0 Å². The van der Waals surface area contributed by atoms with Gasteiger partial charge in [0, 0.05) is 0 Å². The van der Waals surface area contributed by atoms with Crippen molar-refractivity contribution >= 4 is 24.6 Å². The first-order valence-electron chi connectivity index (χ1n) is 12.8. The Bertz CT molecular complexity index is 959. The van der Waals surface area contributed by atoms with Crippen LogP contribution in [-0.4, -0.2) is 42.8 Å². The molecule has 1 fully saturated rings. The number of carbonyl (C=O) groups is 1. The molecule has 1 amide bonds. The van der Waals surface area contributed by atoms with E-state index < -0.39 is 0 Å². The molecular formula is C28H36BN3O. The van der Waals surface area contributed by atoms with Gasteiger partial charge in [0.25, 0.3) is 0 Å². The number of rotatable bonds is 6. The van der Waals surface area contributed by atoms with Gasteiger partial charge in [-0.25, -0.2) is 0 Å². The van der Waals surface area contributed by atoms with Crippen LogP contribution in [-0.2, 0) is 4.79 Å². The molecule has 2 aliphatic heterocycles. The SMILES string of the molecule is CC1=CCC2N=C(C3CCC(CCC(=O)NC4C=CB=CC4c4ccccc4)CC3)NC2C1. The van der Waals surface area contributed by atoms with Crippen molar-refractivity contribution in [3.05, 3.63) is 59.6 Å². The van der Waals surface area contributed by atoms with Crippen molar-refractivity contribution in [2.75, 3.05) is 0 Å². The third-order valence-electron chi connectivity index (χ3n) is 8.01. The van der Waals surface area contributed by atoms with Crippen molar-refractivity contribution < 1.29 is 4.79 Å². The van der Waals surface area contributed by atoms with E-state index in [0.717, 1.165) is 19.3 Å². The summed E-state index contributed by atoms with van der Waals surface area (Å²) in [5, 5.41) is 7.04. The summed E-state index contributed by atoms with van der Waals surface area (Å²) in [5.41, 5.74) is 2.74. The first kappa shape index (κ1) is 22.4. The van der Waals surface area contributed by atoms with Gasteiger partial charge in [0.05, 0.1) is 12.1 Å². The molecule has 0 bridgehead atoms. The van der Waals surface area contributed by atoms with E-state index in [0.29, 0.717) is 30.3 Å². The Morgan fingerprint density at radius 2 is 2.00 bits per heavy atom. The summed E-state index contributed by atoms with van der Waals surface area (Å²) in [4.78, 5) is 17.8. The first-order chi connectivity index (χ1) is 16.2. The van der Waals surface area contributed by atoms with Crippen LogP contribution in [0.2, 0.25) is 0 Å². The topological polar surface area (TPSA) is 53.5 Å². The molecule has 2 N–H and O–H groups in total. The largest absolute Gasteiger partial charge is 0.368 e. The van der Waals surface area contributed by atoms with Gasteiger partial charge in [-0.2, -0.15) is 0 Å². The van der Waals surface area contributed by atoms with E-state index in [1.165, 1.54) is 42.7 Å². The normalized spacial score (nSPS) is 32.8. The van der Waals surface area contributed by atoms with Crippen LogP contribution >= 0.6 is 0 Å². The van der Waals surface area contributed by atoms with Crippen LogP contribution in [0.4, 0.5) is 0 Å². The van der Waals surface area contributed by atoms with Gasteiger partial charge in [-0.05, 0) is 19.8 Å². The molecule has 2 aliphatic carbocycles. The van der Waals surface area contributed by atoms with Crippen molar-refractivity contribution in [1.29, 1.82) is 0 Å². The number of amides is 1. The van der Waals surface area contributed by atoms with Crippen LogP contribution in [0.3, 0.4) is 0 Å². The average Bonchev–Trinajstić information content (AvgIpc) is 3.27. The van der Waals surface area contributed by atoms with E-state index in [1.54, 1.807) is 0 Å². The molecular weight excluding hydrogens is 405 g/mol. The zero-order chi connectivity index (χ0) is 22.6. The summed E-state index contributed by atoms with van der Waals surface area (Å²) < 4.78 is 0. The van der Waals surface area contributed by atoms with E-state index in [2.05, 4.69) is 66.9 Å². The summed E-state index contributed by atoms with van der Waals surface area (Å²) in [6.45, 7) is 4.31. The Labute approximate surface area is 198 Å². The zero-order valence-corrected chi connectivity index (χ0v) is 19.7. The van der Waals surface area contributed by atoms with Crippen molar-refractivity contribution in [3.8, 4) is 0 Å². The van der Waals surface area contributed by atoms with Crippen LogP contribution in [0.25, 0.3) is 0 Å². The summed E-state index contributed by atoms with van der Waals surface area (Å²) in [7, 11) is 0. The Hall–Kier alpha value is -2.43. The smallest absolute Gasteiger partial charge is 0.0536 e. The van der Waals surface area contributed by atoms with Crippen molar-refractivity contribution in [2.45, 2.75) is 82.3 Å². The molecule has 33 heavy (non-hydrogen) atoms. The molecule has 1 aromatic rings. The maximum Gasteiger partial charge on any atom is 0.0536 e. The maximum absolute atomic E-state index is 12.8. The molecule has 0 aromatic heterocycles. The number of nitrogens with zero attached hydrogens (tertiary/aromatic N) is 1. The molecule has 4 aliphatic rings. The molecule has 0 saturated heterocycles. The van der Waals surface area contributed by atoms with Gasteiger partial charge < -0.3 is 5.32 Å².